The molecular formula is C5H3Cl2OP. The summed E-state index contributed by atoms with van der Waals surface area (Å²) in [6.45, 7) is -1.49. The van der Waals surface area contributed by atoms with E-state index in [4.69, 9.17) is 35.3 Å². The molecule has 0 spiro atoms. The minimum Gasteiger partial charge on any atom is -0.303 e. The van der Waals surface area contributed by atoms with Crippen LogP contribution in [0, 0.1) is 24.7 Å². The Hall–Kier alpha value is 0.0900. The summed E-state index contributed by atoms with van der Waals surface area (Å²) in [5, 5.41) is 0. The van der Waals surface area contributed by atoms with E-state index in [2.05, 4.69) is 16.4 Å². The molecule has 4 heteroatoms. The maximum atomic E-state index is 5.25. The summed E-state index contributed by atoms with van der Waals surface area (Å²) in [6.07, 6.45) is 9.11. The fourth-order valence-electron chi connectivity index (χ4n) is 0.189. The van der Waals surface area contributed by atoms with Crippen LogP contribution in [0.25, 0.3) is 0 Å². The zero-order valence-electron chi connectivity index (χ0n) is 4.34. The Bertz CT molecular complexity index is 141. The van der Waals surface area contributed by atoms with Crippen molar-refractivity contribution >= 4 is 29.3 Å². The van der Waals surface area contributed by atoms with Crippen LogP contribution in [-0.2, 0) is 4.52 Å². The van der Waals surface area contributed by atoms with Crippen molar-refractivity contribution in [3.8, 4) is 24.7 Å². The van der Waals surface area contributed by atoms with Gasteiger partial charge in [0.15, 0.2) is 6.10 Å². The van der Waals surface area contributed by atoms with Crippen LogP contribution >= 0.6 is 29.3 Å². The molecule has 0 aromatic heterocycles. The highest BCUT2D eigenvalue weighted by atomic mass is 35.9. The van der Waals surface area contributed by atoms with Crippen molar-refractivity contribution < 1.29 is 4.52 Å². The first-order chi connectivity index (χ1) is 4.20. The topological polar surface area (TPSA) is 9.23 Å². The molecule has 0 amide bonds. The molecular weight excluding hydrogens is 178 g/mol. The summed E-state index contributed by atoms with van der Waals surface area (Å²) < 4.78 is 4.67. The van der Waals surface area contributed by atoms with Crippen molar-refractivity contribution in [1.29, 1.82) is 0 Å². The summed E-state index contributed by atoms with van der Waals surface area (Å²) in [5.74, 6) is 4.34. The average Bonchev–Trinajstić information content (AvgIpc) is 1.82. The molecule has 1 nitrogen and oxygen atoms in total. The molecule has 0 unspecified atom stereocenters. The monoisotopic (exact) mass is 180 g/mol. The number of hydrogen-bond acceptors (Lipinski definition) is 1. The zero-order valence-corrected chi connectivity index (χ0v) is 6.75. The van der Waals surface area contributed by atoms with Crippen LogP contribution in [0.3, 0.4) is 0 Å². The maximum absolute atomic E-state index is 5.25. The molecule has 0 aromatic rings. The normalized spacial score (nSPS) is 9.11. The van der Waals surface area contributed by atoms with Gasteiger partial charge in [0.1, 0.15) is 0 Å². The Balaban J connectivity index is 3.64. The first-order valence-corrected chi connectivity index (χ1v) is 4.98. The summed E-state index contributed by atoms with van der Waals surface area (Å²) >= 11 is 10.5. The summed E-state index contributed by atoms with van der Waals surface area (Å²) in [5.41, 5.74) is 0. The minimum atomic E-state index is -1.49. The fraction of sp³-hybridized carbons (Fsp3) is 0.200. The van der Waals surface area contributed by atoms with Crippen LogP contribution in [-0.4, -0.2) is 6.10 Å². The van der Waals surface area contributed by atoms with Crippen LogP contribution in [0.1, 0.15) is 0 Å². The van der Waals surface area contributed by atoms with Gasteiger partial charge in [0, 0.05) is 0 Å². The molecule has 0 atom stereocenters. The highest BCUT2D eigenvalue weighted by molar-refractivity contribution is 8.00. The summed E-state index contributed by atoms with van der Waals surface area (Å²) in [6, 6.07) is 0. The molecule has 0 radical (unpaired) electrons. The molecule has 0 aromatic carbocycles. The fourth-order valence-corrected chi connectivity index (χ4v) is 0.948. The van der Waals surface area contributed by atoms with Crippen molar-refractivity contribution in [3.05, 3.63) is 0 Å². The largest absolute Gasteiger partial charge is 0.303 e. The Morgan fingerprint density at radius 1 is 1.33 bits per heavy atom. The van der Waals surface area contributed by atoms with E-state index in [0.717, 1.165) is 0 Å². The van der Waals surface area contributed by atoms with Gasteiger partial charge in [0.05, 0.1) is 0 Å². The molecule has 0 heterocycles. The van der Waals surface area contributed by atoms with Gasteiger partial charge in [-0.1, -0.05) is 11.8 Å². The second-order valence-electron chi connectivity index (χ2n) is 1.02. The number of halogens is 2. The highest BCUT2D eigenvalue weighted by Crippen LogP contribution is 2.48. The second-order valence-corrected chi connectivity index (χ2v) is 4.00. The van der Waals surface area contributed by atoms with Gasteiger partial charge in [0.25, 0.3) is 0 Å². The summed E-state index contributed by atoms with van der Waals surface area (Å²) in [4.78, 5) is 0. The molecule has 9 heavy (non-hydrogen) atoms. The predicted octanol–water partition coefficient (Wildman–Crippen LogP) is 2.34. The Kier molecular flexibility index (Phi) is 4.97. The van der Waals surface area contributed by atoms with Crippen LogP contribution in [0.15, 0.2) is 0 Å². The SMILES string of the molecule is C#CC(C#C)OP(Cl)Cl. The van der Waals surface area contributed by atoms with Gasteiger partial charge >= 0.3 is 0 Å². The molecule has 0 aliphatic rings. The lowest BCUT2D eigenvalue weighted by Crippen LogP contribution is -1.99. The first-order valence-electron chi connectivity index (χ1n) is 1.91. The molecule has 0 bridgehead atoms. The van der Waals surface area contributed by atoms with Crippen molar-refractivity contribution in [2.75, 3.05) is 0 Å². The average molecular weight is 181 g/mol. The lowest BCUT2D eigenvalue weighted by Gasteiger charge is -2.02. The number of hydrogen-bond donors (Lipinski definition) is 0. The Morgan fingerprint density at radius 3 is 1.89 bits per heavy atom. The van der Waals surface area contributed by atoms with E-state index in [9.17, 15) is 0 Å². The number of terminal acetylenes is 2. The first kappa shape index (κ1) is 9.09. The standard InChI is InChI=1S/C5H3Cl2OP/c1-3-5(4-2)8-9(6)7/h1-2,5H. The third-order valence-corrected chi connectivity index (χ3v) is 1.34. The van der Waals surface area contributed by atoms with E-state index in [1.807, 2.05) is 0 Å². The smallest absolute Gasteiger partial charge is 0.227 e. The molecule has 0 fully saturated rings. The Labute approximate surface area is 65.1 Å². The van der Waals surface area contributed by atoms with E-state index in [0.29, 0.717) is 0 Å². The van der Waals surface area contributed by atoms with Crippen molar-refractivity contribution in [3.63, 3.8) is 0 Å². The van der Waals surface area contributed by atoms with Crippen LogP contribution in [0.5, 0.6) is 0 Å². The molecule has 0 saturated heterocycles. The predicted molar refractivity (Wildman–Crippen MR) is 41.2 cm³/mol. The highest BCUT2D eigenvalue weighted by Gasteiger charge is 2.05. The lowest BCUT2D eigenvalue weighted by molar-refractivity contribution is 0.364. The van der Waals surface area contributed by atoms with Crippen molar-refractivity contribution in [2.24, 2.45) is 0 Å². The molecule has 0 N–H and O–H groups in total. The quantitative estimate of drug-likeness (QED) is 0.469. The second kappa shape index (κ2) is 4.92. The van der Waals surface area contributed by atoms with E-state index in [-0.39, 0.29) is 0 Å². The van der Waals surface area contributed by atoms with Gasteiger partial charge < -0.3 is 4.52 Å². The van der Waals surface area contributed by atoms with E-state index >= 15 is 0 Å². The van der Waals surface area contributed by atoms with Gasteiger partial charge in [-0.25, -0.2) is 0 Å². The number of rotatable bonds is 2. The van der Waals surface area contributed by atoms with E-state index in [1.165, 1.54) is 0 Å². The lowest BCUT2D eigenvalue weighted by atomic mass is 10.4. The van der Waals surface area contributed by atoms with Gasteiger partial charge in [-0.05, 0) is 22.5 Å². The van der Waals surface area contributed by atoms with Crippen molar-refractivity contribution in [2.45, 2.75) is 6.10 Å². The van der Waals surface area contributed by atoms with E-state index < -0.39 is 13.0 Å². The third kappa shape index (κ3) is 4.58. The molecule has 48 valence electrons. The summed E-state index contributed by atoms with van der Waals surface area (Å²) in [7, 11) is 0. The van der Waals surface area contributed by atoms with E-state index in [1.54, 1.807) is 0 Å². The van der Waals surface area contributed by atoms with Gasteiger partial charge in [-0.3, -0.25) is 0 Å². The zero-order chi connectivity index (χ0) is 7.28. The molecule has 0 aliphatic heterocycles. The molecule has 0 rings (SSSR count). The maximum Gasteiger partial charge on any atom is 0.227 e. The van der Waals surface area contributed by atoms with Gasteiger partial charge in [0.2, 0.25) is 6.85 Å². The van der Waals surface area contributed by atoms with Crippen LogP contribution in [0.2, 0.25) is 0 Å². The molecule has 0 aliphatic carbocycles. The van der Waals surface area contributed by atoms with Crippen molar-refractivity contribution in [1.82, 2.24) is 0 Å². The van der Waals surface area contributed by atoms with Crippen LogP contribution < -0.4 is 0 Å². The minimum absolute atomic E-state index is 0.703. The Morgan fingerprint density at radius 2 is 1.78 bits per heavy atom. The molecule has 0 saturated carbocycles. The van der Waals surface area contributed by atoms with Gasteiger partial charge in [-0.2, -0.15) is 0 Å². The third-order valence-electron chi connectivity index (χ3n) is 0.488. The van der Waals surface area contributed by atoms with Crippen LogP contribution in [0.4, 0.5) is 0 Å². The van der Waals surface area contributed by atoms with Gasteiger partial charge in [-0.15, -0.1) is 12.8 Å².